The molecule has 3 N–H and O–H groups in total. The number of carbonyl (C=O) groups excluding carboxylic acids is 1. The number of ether oxygens (including phenoxy) is 1. The number of hydrogen-bond donors (Lipinski definition) is 3. The van der Waals surface area contributed by atoms with Crippen LogP contribution in [0.15, 0.2) is 24.4 Å². The molecule has 10 heteroatoms. The normalized spacial score (nSPS) is 14.3. The highest BCUT2D eigenvalue weighted by Crippen LogP contribution is 2.40. The van der Waals surface area contributed by atoms with E-state index in [1.165, 1.54) is 0 Å². The second-order valence-corrected chi connectivity index (χ2v) is 9.33. The molecule has 7 nitrogen and oxygen atoms in total. The molecule has 1 unspecified atom stereocenters. The van der Waals surface area contributed by atoms with Crippen LogP contribution in [0.2, 0.25) is 0 Å². The molecule has 0 aliphatic heterocycles. The van der Waals surface area contributed by atoms with Gasteiger partial charge in [0, 0.05) is 47.6 Å². The number of esters is 1. The molecule has 1 heterocycles. The summed E-state index contributed by atoms with van der Waals surface area (Å²) in [4.78, 5) is 28.5. The van der Waals surface area contributed by atoms with Crippen LogP contribution in [-0.2, 0) is 15.1 Å². The van der Waals surface area contributed by atoms with E-state index >= 15 is 0 Å². The van der Waals surface area contributed by atoms with Crippen LogP contribution >= 0.6 is 0 Å². The molecule has 0 spiro atoms. The van der Waals surface area contributed by atoms with Crippen molar-refractivity contribution in [1.82, 2.24) is 9.88 Å². The maximum absolute atomic E-state index is 12.3. The first-order chi connectivity index (χ1) is 14.3. The molecule has 2 rings (SSSR count). The average Bonchev–Trinajstić information content (AvgIpc) is 3.06. The van der Waals surface area contributed by atoms with E-state index in [0.29, 0.717) is 16.7 Å². The largest absolute Gasteiger partial charge is 0.481 e. The van der Waals surface area contributed by atoms with Crippen LogP contribution in [0, 0.1) is 0 Å². The van der Waals surface area contributed by atoms with E-state index in [1.807, 2.05) is 21.8 Å². The zero-order chi connectivity index (χ0) is 23.6. The highest BCUT2D eigenvalue weighted by molar-refractivity contribution is 6.45. The molecule has 0 radical (unpaired) electrons. The summed E-state index contributed by atoms with van der Waals surface area (Å²) in [6.45, 7) is 8.43. The van der Waals surface area contributed by atoms with Gasteiger partial charge in [-0.05, 0) is 51.6 Å². The quantitative estimate of drug-likeness (QED) is 0.284. The van der Waals surface area contributed by atoms with Gasteiger partial charge in [0.15, 0.2) is 0 Å². The van der Waals surface area contributed by atoms with Crippen molar-refractivity contribution in [2.24, 2.45) is 0 Å². The van der Waals surface area contributed by atoms with Gasteiger partial charge in [-0.25, -0.2) is 0 Å². The molecule has 0 fully saturated rings. The summed E-state index contributed by atoms with van der Waals surface area (Å²) in [5.41, 5.74) is 0.126. The minimum absolute atomic E-state index is 0.0127. The van der Waals surface area contributed by atoms with Gasteiger partial charge in [0.05, 0.1) is 5.50 Å². The minimum atomic E-state index is -1.27. The molecule has 0 saturated heterocycles. The van der Waals surface area contributed by atoms with Gasteiger partial charge in [-0.15, -0.1) is 0 Å². The highest BCUT2D eigenvalue weighted by Gasteiger charge is 2.47. The monoisotopic (exact) mass is 426 g/mol. The van der Waals surface area contributed by atoms with Crippen molar-refractivity contribution < 1.29 is 24.5 Å². The van der Waals surface area contributed by atoms with E-state index in [-0.39, 0.29) is 31.3 Å². The average molecular weight is 426 g/mol. The molecule has 31 heavy (non-hydrogen) atoms. The van der Waals surface area contributed by atoms with E-state index in [1.54, 1.807) is 26.2 Å². The summed E-state index contributed by atoms with van der Waals surface area (Å²) in [6, 6.07) is 5.75. The van der Waals surface area contributed by atoms with Crippen molar-refractivity contribution in [3.63, 3.8) is 0 Å². The van der Waals surface area contributed by atoms with Crippen molar-refractivity contribution in [3.05, 3.63) is 30.0 Å². The van der Waals surface area contributed by atoms with Crippen LogP contribution in [-0.4, -0.2) is 73.0 Å². The first-order valence-electron chi connectivity index (χ1n) is 10.8. The molecule has 1 atom stereocenters. The van der Waals surface area contributed by atoms with Gasteiger partial charge < -0.3 is 24.8 Å². The van der Waals surface area contributed by atoms with E-state index < -0.39 is 22.8 Å². The Balaban J connectivity index is 2.46. The number of fused-ring (bicyclic) bond motifs is 1. The Bertz CT molecular complexity index is 932. The molecule has 1 aromatic heterocycles. The molecule has 166 valence electrons. The number of benzene rings is 1. The SMILES string of the molecule is BC(O)(c1c[nH]c2cccc(OC(=O)CCCC(=O)O)c12)C(B)(B)N(C(C)C)C(C)C. The molecular formula is C21H33B3N2O5. The fourth-order valence-electron chi connectivity index (χ4n) is 4.65. The predicted octanol–water partition coefficient (Wildman–Crippen LogP) is 0.145. The van der Waals surface area contributed by atoms with E-state index in [0.717, 1.165) is 5.52 Å². The fourth-order valence-corrected chi connectivity index (χ4v) is 4.65. The van der Waals surface area contributed by atoms with Gasteiger partial charge >= 0.3 is 11.9 Å². The van der Waals surface area contributed by atoms with Crippen molar-refractivity contribution in [3.8, 4) is 5.75 Å². The maximum Gasteiger partial charge on any atom is 0.311 e. The fraction of sp³-hybridized carbons (Fsp3) is 0.524. The van der Waals surface area contributed by atoms with Crippen LogP contribution in [0.4, 0.5) is 0 Å². The first kappa shape index (κ1) is 25.1. The number of nitrogens with zero attached hydrogens (tertiary/aromatic N) is 1. The number of hydrogen-bond acceptors (Lipinski definition) is 5. The summed E-state index contributed by atoms with van der Waals surface area (Å²) >= 11 is 0. The Morgan fingerprint density at radius 3 is 2.29 bits per heavy atom. The Hall–Kier alpha value is -2.19. The molecule has 1 aromatic carbocycles. The lowest BCUT2D eigenvalue weighted by Gasteiger charge is -2.53. The third-order valence-corrected chi connectivity index (χ3v) is 6.14. The lowest BCUT2D eigenvalue weighted by Crippen LogP contribution is -2.67. The zero-order valence-corrected chi connectivity index (χ0v) is 19.7. The van der Waals surface area contributed by atoms with Crippen LogP contribution < -0.4 is 4.74 Å². The Kier molecular flexibility index (Phi) is 7.71. The van der Waals surface area contributed by atoms with Crippen LogP contribution in [0.1, 0.15) is 52.5 Å². The first-order valence-corrected chi connectivity index (χ1v) is 10.8. The van der Waals surface area contributed by atoms with Gasteiger partial charge in [0.25, 0.3) is 0 Å². The number of carbonyl (C=O) groups is 2. The number of aliphatic hydroxyl groups is 1. The predicted molar refractivity (Wildman–Crippen MR) is 130 cm³/mol. The van der Waals surface area contributed by atoms with Crippen molar-refractivity contribution >= 4 is 46.4 Å². The molecular weight excluding hydrogens is 393 g/mol. The van der Waals surface area contributed by atoms with Gasteiger partial charge in [-0.1, -0.05) is 6.07 Å². The minimum Gasteiger partial charge on any atom is -0.481 e. The second-order valence-electron chi connectivity index (χ2n) is 9.33. The van der Waals surface area contributed by atoms with E-state index in [4.69, 9.17) is 9.84 Å². The maximum atomic E-state index is 12.3. The summed E-state index contributed by atoms with van der Waals surface area (Å²) in [7, 11) is 5.83. The second kappa shape index (κ2) is 9.53. The lowest BCUT2D eigenvalue weighted by atomic mass is 9.43. The number of rotatable bonds is 10. The third kappa shape index (κ3) is 5.18. The molecule has 2 aromatic rings. The standard InChI is InChI=1S/C21H33B3N2O5/c1-12(2)26(13(3)4)21(23,24)20(22,30)14-11-25-15-7-5-8-16(19(14)15)31-18(29)10-6-9-17(27)28/h5,7-8,11-13,25,30H,6,9-10,22-24H2,1-4H3,(H,27,28). The number of aromatic amines is 1. The molecule has 0 bridgehead atoms. The Morgan fingerprint density at radius 1 is 1.13 bits per heavy atom. The molecule has 0 saturated carbocycles. The van der Waals surface area contributed by atoms with Gasteiger partial charge in [0.2, 0.25) is 0 Å². The number of H-pyrrole nitrogens is 1. The van der Waals surface area contributed by atoms with Crippen LogP contribution in [0.5, 0.6) is 5.75 Å². The van der Waals surface area contributed by atoms with Crippen LogP contribution in [0.3, 0.4) is 0 Å². The Labute approximate surface area is 186 Å². The van der Waals surface area contributed by atoms with Gasteiger partial charge in [-0.2, -0.15) is 0 Å². The smallest absolute Gasteiger partial charge is 0.311 e. The molecule has 0 aliphatic carbocycles. The van der Waals surface area contributed by atoms with Crippen molar-refractivity contribution in [2.75, 3.05) is 0 Å². The highest BCUT2D eigenvalue weighted by atomic mass is 16.5. The number of carboxylic acids is 1. The van der Waals surface area contributed by atoms with Gasteiger partial charge in [-0.3, -0.25) is 9.59 Å². The van der Waals surface area contributed by atoms with E-state index in [9.17, 15) is 14.7 Å². The third-order valence-electron chi connectivity index (χ3n) is 6.14. The summed E-state index contributed by atoms with van der Waals surface area (Å²) in [5.74, 6) is -1.09. The zero-order valence-electron chi connectivity index (χ0n) is 19.7. The van der Waals surface area contributed by atoms with E-state index in [2.05, 4.69) is 37.6 Å². The van der Waals surface area contributed by atoms with Crippen molar-refractivity contribution in [2.45, 2.75) is 69.9 Å². The molecule has 0 aliphatic rings. The van der Waals surface area contributed by atoms with Gasteiger partial charge in [0.1, 0.15) is 29.3 Å². The lowest BCUT2D eigenvalue weighted by molar-refractivity contribution is -0.137. The Morgan fingerprint density at radius 2 is 1.74 bits per heavy atom. The summed E-state index contributed by atoms with van der Waals surface area (Å²) < 4.78 is 5.60. The summed E-state index contributed by atoms with van der Waals surface area (Å²) in [5, 5.41) is 20.6. The number of carboxylic acid groups (broad SMARTS) is 1. The topological polar surface area (TPSA) is 103 Å². The molecule has 0 amide bonds. The van der Waals surface area contributed by atoms with Crippen molar-refractivity contribution in [1.29, 1.82) is 0 Å². The summed E-state index contributed by atoms with van der Waals surface area (Å²) in [6.07, 6.45) is 1.91. The number of aliphatic carboxylic acids is 1. The number of nitrogens with one attached hydrogen (secondary N) is 1. The van der Waals surface area contributed by atoms with Crippen LogP contribution in [0.25, 0.3) is 10.9 Å². The number of aromatic nitrogens is 1.